The van der Waals surface area contributed by atoms with Gasteiger partial charge in [-0.15, -0.1) is 0 Å². The van der Waals surface area contributed by atoms with Crippen molar-refractivity contribution in [3.05, 3.63) is 47.4 Å². The van der Waals surface area contributed by atoms with Gasteiger partial charge in [-0.25, -0.2) is 14.8 Å². The monoisotopic (exact) mass is 288 g/mol. The maximum absolute atomic E-state index is 11.0. The van der Waals surface area contributed by atoms with Crippen LogP contribution in [0.25, 0.3) is 11.0 Å². The zero-order chi connectivity index (χ0) is 14.1. The molecule has 7 heteroatoms. The summed E-state index contributed by atoms with van der Waals surface area (Å²) in [7, 11) is 0. The number of benzene rings is 1. The molecule has 0 amide bonds. The van der Waals surface area contributed by atoms with E-state index in [9.17, 15) is 4.79 Å². The van der Waals surface area contributed by atoms with E-state index in [1.54, 1.807) is 30.5 Å². The first kappa shape index (κ1) is 12.4. The summed E-state index contributed by atoms with van der Waals surface area (Å²) in [6.07, 6.45) is 1.67. The third-order valence-corrected chi connectivity index (χ3v) is 2.93. The van der Waals surface area contributed by atoms with Gasteiger partial charge >= 0.3 is 5.97 Å². The van der Waals surface area contributed by atoms with Crippen molar-refractivity contribution >= 4 is 40.1 Å². The first-order chi connectivity index (χ1) is 9.63. The van der Waals surface area contributed by atoms with Gasteiger partial charge in [-0.2, -0.15) is 0 Å². The summed E-state index contributed by atoms with van der Waals surface area (Å²) in [6, 6.07) is 8.85. The predicted molar refractivity (Wildman–Crippen MR) is 75.6 cm³/mol. The molecule has 0 atom stereocenters. The van der Waals surface area contributed by atoms with Crippen LogP contribution in [0.3, 0.4) is 0 Å². The summed E-state index contributed by atoms with van der Waals surface area (Å²) in [5.74, 6) is -1.05. The SMILES string of the molecule is O=C(O)c1nc(Nc2cccc(Cl)c2)c2cc[nH]c2n1. The summed E-state index contributed by atoms with van der Waals surface area (Å²) in [5, 5.41) is 13.4. The fraction of sp³-hybridized carbons (Fsp3) is 0. The maximum Gasteiger partial charge on any atom is 0.374 e. The zero-order valence-electron chi connectivity index (χ0n) is 10.1. The Morgan fingerprint density at radius 2 is 2.15 bits per heavy atom. The standard InChI is InChI=1S/C13H9ClN4O2/c14-7-2-1-3-8(6-7)16-11-9-4-5-15-10(9)17-12(18-11)13(19)20/h1-6H,(H,19,20)(H2,15,16,17,18). The van der Waals surface area contributed by atoms with Crippen molar-refractivity contribution in [1.82, 2.24) is 15.0 Å². The molecule has 0 aliphatic rings. The highest BCUT2D eigenvalue weighted by atomic mass is 35.5. The molecule has 0 bridgehead atoms. The summed E-state index contributed by atoms with van der Waals surface area (Å²) in [6.45, 7) is 0. The number of hydrogen-bond acceptors (Lipinski definition) is 4. The number of nitrogens with one attached hydrogen (secondary N) is 2. The normalized spacial score (nSPS) is 10.7. The Morgan fingerprint density at radius 3 is 2.90 bits per heavy atom. The van der Waals surface area contributed by atoms with Crippen molar-refractivity contribution < 1.29 is 9.90 Å². The first-order valence-electron chi connectivity index (χ1n) is 5.74. The molecule has 6 nitrogen and oxygen atoms in total. The molecule has 20 heavy (non-hydrogen) atoms. The molecular weight excluding hydrogens is 280 g/mol. The maximum atomic E-state index is 11.0. The topological polar surface area (TPSA) is 90.9 Å². The summed E-state index contributed by atoms with van der Waals surface area (Å²) < 4.78 is 0. The van der Waals surface area contributed by atoms with Crippen molar-refractivity contribution in [2.75, 3.05) is 5.32 Å². The highest BCUT2D eigenvalue weighted by Crippen LogP contribution is 2.24. The molecule has 3 aromatic rings. The van der Waals surface area contributed by atoms with E-state index < -0.39 is 5.97 Å². The summed E-state index contributed by atoms with van der Waals surface area (Å²) in [4.78, 5) is 21.8. The van der Waals surface area contributed by atoms with E-state index >= 15 is 0 Å². The molecule has 0 unspecified atom stereocenters. The van der Waals surface area contributed by atoms with Crippen molar-refractivity contribution in [2.45, 2.75) is 0 Å². The van der Waals surface area contributed by atoms with E-state index in [1.165, 1.54) is 0 Å². The van der Waals surface area contributed by atoms with Crippen LogP contribution >= 0.6 is 11.6 Å². The number of rotatable bonds is 3. The van der Waals surface area contributed by atoms with Crippen molar-refractivity contribution in [2.24, 2.45) is 0 Å². The van der Waals surface area contributed by atoms with Gasteiger partial charge in [0.05, 0.1) is 5.39 Å². The van der Waals surface area contributed by atoms with E-state index in [0.29, 0.717) is 21.9 Å². The number of fused-ring (bicyclic) bond motifs is 1. The third-order valence-electron chi connectivity index (χ3n) is 2.69. The van der Waals surface area contributed by atoms with Crippen LogP contribution in [0.1, 0.15) is 10.6 Å². The van der Waals surface area contributed by atoms with E-state index in [0.717, 1.165) is 5.69 Å². The average Bonchev–Trinajstić information content (AvgIpc) is 2.87. The highest BCUT2D eigenvalue weighted by molar-refractivity contribution is 6.30. The number of H-pyrrole nitrogens is 1. The lowest BCUT2D eigenvalue weighted by atomic mass is 10.3. The van der Waals surface area contributed by atoms with Gasteiger partial charge in [0.25, 0.3) is 0 Å². The van der Waals surface area contributed by atoms with Crippen LogP contribution in [0.4, 0.5) is 11.5 Å². The van der Waals surface area contributed by atoms with Crippen molar-refractivity contribution in [1.29, 1.82) is 0 Å². The Bertz CT molecular complexity index is 800. The lowest BCUT2D eigenvalue weighted by Gasteiger charge is -2.07. The number of aromatic amines is 1. The van der Waals surface area contributed by atoms with Crippen LogP contribution in [0, 0.1) is 0 Å². The second kappa shape index (κ2) is 4.82. The number of carboxylic acids is 1. The smallest absolute Gasteiger partial charge is 0.374 e. The Balaban J connectivity index is 2.09. The fourth-order valence-electron chi connectivity index (χ4n) is 1.84. The number of halogens is 1. The van der Waals surface area contributed by atoms with Gasteiger partial charge in [0.15, 0.2) is 0 Å². The van der Waals surface area contributed by atoms with E-state index in [-0.39, 0.29) is 5.82 Å². The molecule has 0 aliphatic carbocycles. The Labute approximate surface area is 118 Å². The summed E-state index contributed by atoms with van der Waals surface area (Å²) in [5.41, 5.74) is 1.18. The van der Waals surface area contributed by atoms with Gasteiger partial charge in [-0.05, 0) is 24.3 Å². The van der Waals surface area contributed by atoms with Gasteiger partial charge in [-0.1, -0.05) is 17.7 Å². The van der Waals surface area contributed by atoms with Crippen LogP contribution in [-0.2, 0) is 0 Å². The largest absolute Gasteiger partial charge is 0.475 e. The molecule has 0 aliphatic heterocycles. The second-order valence-corrected chi connectivity index (χ2v) is 4.51. The Morgan fingerprint density at radius 1 is 1.30 bits per heavy atom. The van der Waals surface area contributed by atoms with Crippen LogP contribution < -0.4 is 5.32 Å². The number of carbonyl (C=O) groups is 1. The molecule has 2 aromatic heterocycles. The lowest BCUT2D eigenvalue weighted by Crippen LogP contribution is -2.07. The molecule has 0 saturated heterocycles. The number of hydrogen-bond donors (Lipinski definition) is 3. The number of aromatic nitrogens is 3. The number of nitrogens with zero attached hydrogens (tertiary/aromatic N) is 2. The number of aromatic carboxylic acids is 1. The minimum atomic E-state index is -1.18. The molecule has 0 saturated carbocycles. The van der Waals surface area contributed by atoms with Crippen molar-refractivity contribution in [3.8, 4) is 0 Å². The van der Waals surface area contributed by atoms with Gasteiger partial charge in [-0.3, -0.25) is 0 Å². The predicted octanol–water partition coefficient (Wildman–Crippen LogP) is 3.05. The molecule has 1 aromatic carbocycles. The fourth-order valence-corrected chi connectivity index (χ4v) is 2.03. The molecule has 100 valence electrons. The average molecular weight is 289 g/mol. The second-order valence-electron chi connectivity index (χ2n) is 4.08. The molecule has 0 fully saturated rings. The lowest BCUT2D eigenvalue weighted by molar-refractivity contribution is 0.0684. The third kappa shape index (κ3) is 2.28. The van der Waals surface area contributed by atoms with E-state index in [4.69, 9.17) is 16.7 Å². The quantitative estimate of drug-likeness (QED) is 0.689. The molecule has 0 spiro atoms. The van der Waals surface area contributed by atoms with Gasteiger partial charge in [0, 0.05) is 16.9 Å². The van der Waals surface area contributed by atoms with E-state index in [1.807, 2.05) is 6.07 Å². The van der Waals surface area contributed by atoms with E-state index in [2.05, 4.69) is 20.3 Å². The van der Waals surface area contributed by atoms with Crippen LogP contribution in [0.2, 0.25) is 5.02 Å². The minimum absolute atomic E-state index is 0.274. The van der Waals surface area contributed by atoms with Gasteiger partial charge in [0.2, 0.25) is 5.82 Å². The molecule has 3 rings (SSSR count). The van der Waals surface area contributed by atoms with Crippen LogP contribution in [0.5, 0.6) is 0 Å². The van der Waals surface area contributed by atoms with Gasteiger partial charge < -0.3 is 15.4 Å². The highest BCUT2D eigenvalue weighted by Gasteiger charge is 2.13. The molecular formula is C13H9ClN4O2. The molecule has 2 heterocycles. The minimum Gasteiger partial charge on any atom is -0.475 e. The van der Waals surface area contributed by atoms with Crippen LogP contribution in [-0.4, -0.2) is 26.0 Å². The van der Waals surface area contributed by atoms with Crippen LogP contribution in [0.15, 0.2) is 36.5 Å². The molecule has 0 radical (unpaired) electrons. The first-order valence-corrected chi connectivity index (χ1v) is 6.12. The zero-order valence-corrected chi connectivity index (χ0v) is 10.8. The number of anilines is 2. The number of carboxylic acid groups (broad SMARTS) is 1. The molecule has 3 N–H and O–H groups in total. The Hall–Kier alpha value is -2.60. The summed E-state index contributed by atoms with van der Waals surface area (Å²) >= 11 is 5.92. The van der Waals surface area contributed by atoms with Crippen molar-refractivity contribution in [3.63, 3.8) is 0 Å². The van der Waals surface area contributed by atoms with Gasteiger partial charge in [0.1, 0.15) is 11.5 Å². The Kier molecular flexibility index (Phi) is 3.00.